The van der Waals surface area contributed by atoms with E-state index in [9.17, 15) is 10.3 Å². The fraction of sp³-hybridized carbons (Fsp3) is 0.0870. The van der Waals surface area contributed by atoms with E-state index in [0.29, 0.717) is 32.9 Å². The minimum absolute atomic E-state index is 0.405. The molecule has 1 heterocycles. The molecule has 0 spiro atoms. The predicted octanol–water partition coefficient (Wildman–Crippen LogP) is 3.94. The van der Waals surface area contributed by atoms with Gasteiger partial charge in [-0.25, -0.2) is 0 Å². The molecule has 3 aromatic carbocycles. The monoisotopic (exact) mass is 357 g/mol. The molecule has 1 aliphatic rings. The second-order valence-electron chi connectivity index (χ2n) is 6.37. The highest BCUT2D eigenvalue weighted by Crippen LogP contribution is 2.41. The molecular weight excluding hydrogens is 338 g/mol. The number of hydrogen-bond acceptors (Lipinski definition) is 3. The van der Waals surface area contributed by atoms with Crippen LogP contribution >= 0.6 is 0 Å². The summed E-state index contributed by atoms with van der Waals surface area (Å²) in [5.41, 5.74) is 1.20. The van der Waals surface area contributed by atoms with Crippen molar-refractivity contribution in [1.82, 2.24) is 0 Å². The number of aliphatic hydroxyl groups is 1. The third kappa shape index (κ3) is 2.80. The van der Waals surface area contributed by atoms with Gasteiger partial charge in [0.05, 0.1) is 18.2 Å². The number of ether oxygens (including phenoxy) is 1. The third-order valence-corrected chi connectivity index (χ3v) is 4.82. The Kier molecular flexibility index (Phi) is 4.26. The molecule has 0 fully saturated rings. The maximum Gasteiger partial charge on any atom is 0.330 e. The zero-order valence-corrected chi connectivity index (χ0v) is 14.9. The van der Waals surface area contributed by atoms with Gasteiger partial charge in [-0.15, -0.1) is 0 Å². The van der Waals surface area contributed by atoms with E-state index >= 15 is 0 Å². The smallest absolute Gasteiger partial charge is 0.330 e. The highest BCUT2D eigenvalue weighted by molar-refractivity contribution is 6.12. The van der Waals surface area contributed by atoms with E-state index in [0.717, 1.165) is 5.56 Å². The van der Waals surface area contributed by atoms with Crippen molar-refractivity contribution < 1.29 is 14.6 Å². The largest absolute Gasteiger partial charge is 0.621 e. The Bertz CT molecular complexity index is 1010. The second kappa shape index (κ2) is 6.74. The van der Waals surface area contributed by atoms with E-state index in [1.165, 1.54) is 0 Å². The number of allylic oxidation sites excluding steroid dienone is 1. The highest BCUT2D eigenvalue weighted by atomic mass is 16.5. The van der Waals surface area contributed by atoms with Crippen LogP contribution in [0.25, 0.3) is 5.57 Å². The first-order valence-corrected chi connectivity index (χ1v) is 8.69. The van der Waals surface area contributed by atoms with E-state index in [-0.39, 0.29) is 0 Å². The summed E-state index contributed by atoms with van der Waals surface area (Å²) in [6.07, 6.45) is 1.76. The summed E-state index contributed by atoms with van der Waals surface area (Å²) in [6, 6.07) is 25.7. The van der Waals surface area contributed by atoms with Crippen molar-refractivity contribution in [2.45, 2.75) is 5.72 Å². The number of benzene rings is 3. The highest BCUT2D eigenvalue weighted by Gasteiger charge is 2.49. The van der Waals surface area contributed by atoms with Gasteiger partial charge in [-0.05, 0) is 42.0 Å². The van der Waals surface area contributed by atoms with Gasteiger partial charge >= 0.3 is 5.72 Å². The molecular formula is C23H19NO3. The zero-order chi connectivity index (χ0) is 18.9. The lowest BCUT2D eigenvalue weighted by Gasteiger charge is -2.26. The van der Waals surface area contributed by atoms with Crippen molar-refractivity contribution in [2.75, 3.05) is 7.11 Å². The lowest BCUT2D eigenvalue weighted by Crippen LogP contribution is -2.36. The third-order valence-electron chi connectivity index (χ3n) is 4.82. The SMILES string of the molecule is COc1ccc(C2=[N+]([O-])C(O)(c3ccccc3)C(c3ccccc3)=C2)cc1. The molecule has 0 saturated heterocycles. The van der Waals surface area contributed by atoms with E-state index in [2.05, 4.69) is 0 Å². The van der Waals surface area contributed by atoms with Gasteiger partial charge < -0.3 is 15.1 Å². The molecule has 1 atom stereocenters. The summed E-state index contributed by atoms with van der Waals surface area (Å²) in [5.74, 6) is 0.709. The normalized spacial score (nSPS) is 19.1. The molecule has 134 valence electrons. The zero-order valence-electron chi connectivity index (χ0n) is 14.9. The van der Waals surface area contributed by atoms with Crippen LogP contribution < -0.4 is 4.74 Å². The molecule has 0 saturated carbocycles. The topological polar surface area (TPSA) is 55.5 Å². The molecule has 0 amide bonds. The molecule has 0 aromatic heterocycles. The molecule has 3 aromatic rings. The van der Waals surface area contributed by atoms with Gasteiger partial charge in [-0.3, -0.25) is 0 Å². The number of nitrogens with zero attached hydrogens (tertiary/aromatic N) is 1. The van der Waals surface area contributed by atoms with Crippen LogP contribution in [0.4, 0.5) is 0 Å². The lowest BCUT2D eigenvalue weighted by atomic mass is 9.90. The molecule has 1 unspecified atom stereocenters. The molecule has 4 nitrogen and oxygen atoms in total. The second-order valence-corrected chi connectivity index (χ2v) is 6.37. The van der Waals surface area contributed by atoms with E-state index in [1.807, 2.05) is 60.7 Å². The molecule has 0 aliphatic carbocycles. The Morgan fingerprint density at radius 1 is 0.815 bits per heavy atom. The van der Waals surface area contributed by atoms with Crippen LogP contribution in [-0.2, 0) is 5.72 Å². The van der Waals surface area contributed by atoms with E-state index in [4.69, 9.17) is 4.74 Å². The number of hydroxylamine groups is 1. The minimum atomic E-state index is -1.79. The number of rotatable bonds is 4. The van der Waals surface area contributed by atoms with Gasteiger partial charge in [-0.1, -0.05) is 48.5 Å². The maximum atomic E-state index is 13.3. The van der Waals surface area contributed by atoms with Gasteiger partial charge in [0.25, 0.3) is 0 Å². The molecule has 0 radical (unpaired) electrons. The van der Waals surface area contributed by atoms with Crippen molar-refractivity contribution in [2.24, 2.45) is 0 Å². The summed E-state index contributed by atoms with van der Waals surface area (Å²) >= 11 is 0. The van der Waals surface area contributed by atoms with Crippen LogP contribution in [0.5, 0.6) is 5.75 Å². The summed E-state index contributed by atoms with van der Waals surface area (Å²) in [7, 11) is 1.60. The number of hydrogen-bond donors (Lipinski definition) is 1. The van der Waals surface area contributed by atoms with Crippen molar-refractivity contribution in [3.05, 3.63) is 113 Å². The quantitative estimate of drug-likeness (QED) is 0.568. The Morgan fingerprint density at radius 3 is 2.00 bits per heavy atom. The Labute approximate surface area is 157 Å². The summed E-state index contributed by atoms with van der Waals surface area (Å²) in [5, 5.41) is 24.9. The van der Waals surface area contributed by atoms with E-state index < -0.39 is 5.72 Å². The summed E-state index contributed by atoms with van der Waals surface area (Å²) < 4.78 is 5.88. The lowest BCUT2D eigenvalue weighted by molar-refractivity contribution is -0.591. The van der Waals surface area contributed by atoms with Gasteiger partial charge in [0.1, 0.15) is 5.75 Å². The first-order chi connectivity index (χ1) is 13.1. The maximum absolute atomic E-state index is 13.3. The Hall–Kier alpha value is -3.37. The van der Waals surface area contributed by atoms with Crippen LogP contribution in [-0.4, -0.2) is 22.7 Å². The van der Waals surface area contributed by atoms with Crippen LogP contribution in [0.3, 0.4) is 0 Å². The van der Waals surface area contributed by atoms with Gasteiger partial charge in [0, 0.05) is 11.6 Å². The van der Waals surface area contributed by atoms with Crippen molar-refractivity contribution >= 4 is 11.3 Å². The van der Waals surface area contributed by atoms with Crippen LogP contribution in [0.1, 0.15) is 16.7 Å². The van der Waals surface area contributed by atoms with Crippen LogP contribution in [0.15, 0.2) is 91.0 Å². The van der Waals surface area contributed by atoms with Crippen molar-refractivity contribution in [3.63, 3.8) is 0 Å². The first-order valence-electron chi connectivity index (χ1n) is 8.69. The molecule has 0 bridgehead atoms. The predicted molar refractivity (Wildman–Crippen MR) is 105 cm³/mol. The van der Waals surface area contributed by atoms with Gasteiger partial charge in [0.15, 0.2) is 0 Å². The summed E-state index contributed by atoms with van der Waals surface area (Å²) in [4.78, 5) is 0. The molecule has 4 heteroatoms. The Balaban J connectivity index is 1.91. The van der Waals surface area contributed by atoms with Gasteiger partial charge in [0.2, 0.25) is 5.71 Å². The van der Waals surface area contributed by atoms with Gasteiger partial charge in [-0.2, -0.15) is 4.74 Å². The summed E-state index contributed by atoms with van der Waals surface area (Å²) in [6.45, 7) is 0. The average Bonchev–Trinajstić information content (AvgIpc) is 3.01. The Morgan fingerprint density at radius 2 is 1.41 bits per heavy atom. The standard InChI is InChI=1S/C23H19NO3/c1-27-20-14-12-18(13-15-20)22-16-21(17-8-4-2-5-9-17)23(25,24(22)26)19-10-6-3-7-11-19/h2-16,25H,1H3. The average molecular weight is 357 g/mol. The molecule has 1 aliphatic heterocycles. The van der Waals surface area contributed by atoms with E-state index in [1.54, 1.807) is 37.5 Å². The van der Waals surface area contributed by atoms with Crippen LogP contribution in [0.2, 0.25) is 0 Å². The molecule has 27 heavy (non-hydrogen) atoms. The first kappa shape index (κ1) is 17.1. The number of methoxy groups -OCH3 is 1. The van der Waals surface area contributed by atoms with Crippen molar-refractivity contribution in [3.8, 4) is 5.75 Å². The van der Waals surface area contributed by atoms with Crippen molar-refractivity contribution in [1.29, 1.82) is 0 Å². The minimum Gasteiger partial charge on any atom is -0.621 e. The fourth-order valence-corrected chi connectivity index (χ4v) is 3.39. The fourth-order valence-electron chi connectivity index (χ4n) is 3.39. The van der Waals surface area contributed by atoms with Crippen LogP contribution in [0, 0.1) is 5.21 Å². The molecule has 1 N–H and O–H groups in total. The molecule has 4 rings (SSSR count).